The maximum absolute atomic E-state index is 13.0. The van der Waals surface area contributed by atoms with Gasteiger partial charge in [0.2, 0.25) is 5.91 Å². The molecular formula is C25H25ClN4O3. The molecule has 0 bridgehead atoms. The van der Waals surface area contributed by atoms with Crippen LogP contribution in [0.4, 0.5) is 0 Å². The summed E-state index contributed by atoms with van der Waals surface area (Å²) in [6, 6.07) is 20.9. The Morgan fingerprint density at radius 2 is 1.82 bits per heavy atom. The van der Waals surface area contributed by atoms with E-state index in [4.69, 9.17) is 16.3 Å². The Balaban J connectivity index is 1.57. The van der Waals surface area contributed by atoms with E-state index in [1.807, 2.05) is 49.4 Å². The van der Waals surface area contributed by atoms with Crippen molar-refractivity contribution in [3.63, 3.8) is 0 Å². The number of benzene rings is 3. The van der Waals surface area contributed by atoms with Crippen LogP contribution in [-0.2, 0) is 22.6 Å². The van der Waals surface area contributed by atoms with E-state index in [-0.39, 0.29) is 24.2 Å². The Morgan fingerprint density at radius 1 is 1.09 bits per heavy atom. The number of nitrogens with zero attached hydrogens (tertiary/aromatic N) is 3. The molecule has 1 heterocycles. The van der Waals surface area contributed by atoms with Crippen molar-refractivity contribution in [3.8, 4) is 11.4 Å². The molecule has 1 atom stereocenters. The normalized spacial score (nSPS) is 12.1. The van der Waals surface area contributed by atoms with Crippen molar-refractivity contribution in [2.45, 2.75) is 26.1 Å². The Morgan fingerprint density at radius 3 is 2.58 bits per heavy atom. The molecule has 0 saturated heterocycles. The third kappa shape index (κ3) is 4.99. The smallest absolute Gasteiger partial charge is 0.346 e. The van der Waals surface area contributed by atoms with Crippen molar-refractivity contribution in [3.05, 3.63) is 87.8 Å². The number of methoxy groups -OCH3 is 1. The van der Waals surface area contributed by atoms with Crippen LogP contribution in [0, 0.1) is 0 Å². The lowest BCUT2D eigenvalue weighted by Crippen LogP contribution is -2.35. The van der Waals surface area contributed by atoms with Gasteiger partial charge in [0.05, 0.1) is 19.2 Å². The summed E-state index contributed by atoms with van der Waals surface area (Å²) in [5, 5.41) is 10.2. The summed E-state index contributed by atoms with van der Waals surface area (Å²) in [5.74, 6) is 0.167. The number of fused-ring (bicyclic) bond motifs is 1. The van der Waals surface area contributed by atoms with Gasteiger partial charge in [-0.2, -0.15) is 0 Å². The molecule has 1 amide bonds. The zero-order chi connectivity index (χ0) is 23.4. The predicted octanol–water partition coefficient (Wildman–Crippen LogP) is 4.04. The Hall–Kier alpha value is -3.42. The predicted molar refractivity (Wildman–Crippen MR) is 129 cm³/mol. The van der Waals surface area contributed by atoms with Gasteiger partial charge in [-0.25, -0.2) is 9.48 Å². The van der Waals surface area contributed by atoms with E-state index >= 15 is 0 Å². The lowest BCUT2D eigenvalue weighted by molar-refractivity contribution is -0.122. The van der Waals surface area contributed by atoms with Crippen molar-refractivity contribution >= 4 is 28.3 Å². The van der Waals surface area contributed by atoms with Gasteiger partial charge in [0.25, 0.3) is 0 Å². The number of rotatable bonds is 8. The first-order valence-corrected chi connectivity index (χ1v) is 11.0. The van der Waals surface area contributed by atoms with E-state index in [9.17, 15) is 9.59 Å². The molecule has 1 N–H and O–H groups in total. The first-order valence-electron chi connectivity index (χ1n) is 10.7. The minimum Gasteiger partial charge on any atom is -0.383 e. The number of ether oxygens (including phenoxy) is 1. The highest BCUT2D eigenvalue weighted by Gasteiger charge is 2.18. The zero-order valence-corrected chi connectivity index (χ0v) is 19.2. The summed E-state index contributed by atoms with van der Waals surface area (Å²) in [4.78, 5) is 25.8. The van der Waals surface area contributed by atoms with E-state index < -0.39 is 0 Å². The molecule has 0 radical (unpaired) electrons. The highest BCUT2D eigenvalue weighted by atomic mass is 35.5. The van der Waals surface area contributed by atoms with Crippen LogP contribution in [0.2, 0.25) is 5.02 Å². The minimum atomic E-state index is -0.370. The molecule has 0 spiro atoms. The monoisotopic (exact) mass is 464 g/mol. The molecule has 0 aliphatic heterocycles. The SMILES string of the molecule is COCCn1c(-c2ccc(Cl)cc2)nn(CC(=O)N[C@H](C)c2cccc3ccccc23)c1=O. The van der Waals surface area contributed by atoms with Crippen LogP contribution in [0.1, 0.15) is 18.5 Å². The molecule has 0 saturated carbocycles. The lowest BCUT2D eigenvalue weighted by atomic mass is 10.00. The summed E-state index contributed by atoms with van der Waals surface area (Å²) < 4.78 is 7.83. The molecular weight excluding hydrogens is 440 g/mol. The van der Waals surface area contributed by atoms with Crippen molar-refractivity contribution in [1.82, 2.24) is 19.7 Å². The fourth-order valence-corrected chi connectivity index (χ4v) is 4.00. The van der Waals surface area contributed by atoms with Crippen molar-refractivity contribution in [2.75, 3.05) is 13.7 Å². The Kier molecular flexibility index (Phi) is 6.91. The van der Waals surface area contributed by atoms with Crippen LogP contribution < -0.4 is 11.0 Å². The minimum absolute atomic E-state index is 0.186. The third-order valence-electron chi connectivity index (χ3n) is 5.50. The molecule has 33 heavy (non-hydrogen) atoms. The number of hydrogen-bond donors (Lipinski definition) is 1. The number of halogens is 1. The number of hydrogen-bond acceptors (Lipinski definition) is 4. The van der Waals surface area contributed by atoms with Gasteiger partial charge in [0, 0.05) is 17.7 Å². The molecule has 0 aliphatic carbocycles. The second kappa shape index (κ2) is 10.0. The second-order valence-corrected chi connectivity index (χ2v) is 8.21. The molecule has 0 unspecified atom stereocenters. The van der Waals surface area contributed by atoms with Crippen LogP contribution in [0.3, 0.4) is 0 Å². The summed E-state index contributed by atoms with van der Waals surface area (Å²) in [7, 11) is 1.57. The largest absolute Gasteiger partial charge is 0.383 e. The van der Waals surface area contributed by atoms with E-state index in [0.29, 0.717) is 24.0 Å². The van der Waals surface area contributed by atoms with Crippen LogP contribution in [0.15, 0.2) is 71.5 Å². The standard InChI is InChI=1S/C25H25ClN4O3/c1-17(21-9-5-7-18-6-3-4-8-22(18)21)27-23(31)16-30-25(32)29(14-15-33-2)24(28-30)19-10-12-20(26)13-11-19/h3-13,17H,14-16H2,1-2H3,(H,27,31)/t17-/m1/s1. The van der Waals surface area contributed by atoms with Gasteiger partial charge in [-0.15, -0.1) is 5.10 Å². The third-order valence-corrected chi connectivity index (χ3v) is 5.76. The Bertz CT molecular complexity index is 1320. The van der Waals surface area contributed by atoms with Crippen LogP contribution in [0.25, 0.3) is 22.2 Å². The number of amides is 1. The topological polar surface area (TPSA) is 78.2 Å². The Labute approximate surface area is 196 Å². The summed E-state index contributed by atoms with van der Waals surface area (Å²) in [6.45, 7) is 2.41. The van der Waals surface area contributed by atoms with Crippen LogP contribution in [0.5, 0.6) is 0 Å². The lowest BCUT2D eigenvalue weighted by Gasteiger charge is -2.16. The van der Waals surface area contributed by atoms with Gasteiger partial charge in [-0.1, -0.05) is 54.1 Å². The fourth-order valence-electron chi connectivity index (χ4n) is 3.87. The van der Waals surface area contributed by atoms with Crippen LogP contribution in [-0.4, -0.2) is 34.0 Å². The van der Waals surface area contributed by atoms with Gasteiger partial charge < -0.3 is 10.1 Å². The molecule has 170 valence electrons. The summed E-state index contributed by atoms with van der Waals surface area (Å²) in [5.41, 5.74) is 1.38. The average Bonchev–Trinajstić information content (AvgIpc) is 3.12. The van der Waals surface area contributed by atoms with Gasteiger partial charge in [0.1, 0.15) is 6.54 Å². The molecule has 1 aromatic heterocycles. The van der Waals surface area contributed by atoms with Gasteiger partial charge in [-0.05, 0) is 47.5 Å². The van der Waals surface area contributed by atoms with Crippen molar-refractivity contribution in [1.29, 1.82) is 0 Å². The zero-order valence-electron chi connectivity index (χ0n) is 18.5. The number of carbonyl (C=O) groups excluding carboxylic acids is 1. The van der Waals surface area contributed by atoms with Crippen molar-refractivity contribution < 1.29 is 9.53 Å². The van der Waals surface area contributed by atoms with E-state index in [0.717, 1.165) is 21.9 Å². The summed E-state index contributed by atoms with van der Waals surface area (Å²) >= 11 is 6.00. The van der Waals surface area contributed by atoms with Crippen LogP contribution >= 0.6 is 11.6 Å². The molecule has 4 rings (SSSR count). The average molecular weight is 465 g/mol. The highest BCUT2D eigenvalue weighted by molar-refractivity contribution is 6.30. The van der Waals surface area contributed by atoms with Gasteiger partial charge in [-0.3, -0.25) is 9.36 Å². The number of aromatic nitrogens is 3. The maximum Gasteiger partial charge on any atom is 0.346 e. The number of carbonyl (C=O) groups is 1. The molecule has 3 aromatic carbocycles. The van der Waals surface area contributed by atoms with Crippen molar-refractivity contribution in [2.24, 2.45) is 0 Å². The molecule has 0 aliphatic rings. The molecule has 0 fully saturated rings. The molecule has 4 aromatic rings. The van der Waals surface area contributed by atoms with E-state index in [1.165, 1.54) is 9.25 Å². The highest BCUT2D eigenvalue weighted by Crippen LogP contribution is 2.24. The number of nitrogens with one attached hydrogen (secondary N) is 1. The fraction of sp³-hybridized carbons (Fsp3) is 0.240. The van der Waals surface area contributed by atoms with Gasteiger partial charge in [0.15, 0.2) is 5.82 Å². The quantitative estimate of drug-likeness (QED) is 0.427. The maximum atomic E-state index is 13.0. The van der Waals surface area contributed by atoms with E-state index in [1.54, 1.807) is 31.4 Å². The summed E-state index contributed by atoms with van der Waals surface area (Å²) in [6.07, 6.45) is 0. The molecule has 7 nitrogen and oxygen atoms in total. The first kappa shape index (κ1) is 22.8. The molecule has 8 heteroatoms. The second-order valence-electron chi connectivity index (χ2n) is 7.77. The van der Waals surface area contributed by atoms with Gasteiger partial charge >= 0.3 is 5.69 Å². The van der Waals surface area contributed by atoms with E-state index in [2.05, 4.69) is 10.4 Å². The first-order chi connectivity index (χ1) is 16.0.